The van der Waals surface area contributed by atoms with Gasteiger partial charge in [-0.05, 0) is 41.8 Å². The number of halogens is 1. The minimum absolute atomic E-state index is 0.206. The lowest BCUT2D eigenvalue weighted by atomic mass is 10.0. The van der Waals surface area contributed by atoms with Crippen LogP contribution in [0.15, 0.2) is 27.5 Å². The van der Waals surface area contributed by atoms with Crippen LogP contribution in [0.2, 0.25) is 0 Å². The van der Waals surface area contributed by atoms with Gasteiger partial charge in [-0.25, -0.2) is 9.63 Å². The quantitative estimate of drug-likeness (QED) is 0.798. The summed E-state index contributed by atoms with van der Waals surface area (Å²) < 4.78 is 4.49. The number of aromatic amines is 1. The maximum atomic E-state index is 10.9. The van der Waals surface area contributed by atoms with Crippen LogP contribution in [0.5, 0.6) is 0 Å². The Morgan fingerprint density at radius 2 is 2.41 bits per heavy atom. The first-order chi connectivity index (χ1) is 8.28. The van der Waals surface area contributed by atoms with E-state index >= 15 is 0 Å². The van der Waals surface area contributed by atoms with Gasteiger partial charge in [0.2, 0.25) is 0 Å². The Morgan fingerprint density at radius 3 is 3.12 bits per heavy atom. The van der Waals surface area contributed by atoms with Crippen molar-refractivity contribution in [3.63, 3.8) is 0 Å². The van der Waals surface area contributed by atoms with Crippen molar-refractivity contribution in [1.82, 2.24) is 15.0 Å². The summed E-state index contributed by atoms with van der Waals surface area (Å²) in [6.07, 6.45) is 1.95. The summed E-state index contributed by atoms with van der Waals surface area (Å²) in [5.41, 5.74) is 3.28. The van der Waals surface area contributed by atoms with Crippen molar-refractivity contribution in [2.75, 3.05) is 0 Å². The summed E-state index contributed by atoms with van der Waals surface area (Å²) in [4.78, 5) is 16.2. The predicted octanol–water partition coefficient (Wildman–Crippen LogP) is 1.76. The van der Waals surface area contributed by atoms with Gasteiger partial charge in [-0.15, -0.1) is 0 Å². The highest BCUT2D eigenvalue weighted by atomic mass is 35.5. The Balaban J connectivity index is 2.03. The van der Waals surface area contributed by atoms with Gasteiger partial charge in [0.05, 0.1) is 0 Å². The number of nitrogens with zero attached hydrogens (tertiary/aromatic N) is 1. The Bertz CT molecular complexity index is 605. The van der Waals surface area contributed by atoms with E-state index in [4.69, 9.17) is 11.8 Å². The van der Waals surface area contributed by atoms with Gasteiger partial charge in [0.25, 0.3) is 0 Å². The number of hydrogen-bond donors (Lipinski definition) is 2. The van der Waals surface area contributed by atoms with Crippen molar-refractivity contribution in [1.29, 1.82) is 0 Å². The zero-order chi connectivity index (χ0) is 11.8. The second-order valence-electron chi connectivity index (χ2n) is 4.06. The molecule has 0 bridgehead atoms. The number of rotatable bonds is 2. The summed E-state index contributed by atoms with van der Waals surface area (Å²) >= 11 is 5.67. The van der Waals surface area contributed by atoms with Crippen LogP contribution in [-0.4, -0.2) is 10.1 Å². The van der Waals surface area contributed by atoms with E-state index in [0.717, 1.165) is 18.4 Å². The molecule has 6 heteroatoms. The van der Waals surface area contributed by atoms with Crippen molar-refractivity contribution in [3.05, 3.63) is 39.9 Å². The van der Waals surface area contributed by atoms with Crippen LogP contribution < -0.4 is 10.6 Å². The molecule has 1 aromatic carbocycles. The molecule has 1 heterocycles. The van der Waals surface area contributed by atoms with E-state index in [9.17, 15) is 4.79 Å². The van der Waals surface area contributed by atoms with Gasteiger partial charge in [0.1, 0.15) is 0 Å². The molecule has 2 N–H and O–H groups in total. The van der Waals surface area contributed by atoms with Crippen molar-refractivity contribution >= 4 is 11.8 Å². The summed E-state index contributed by atoms with van der Waals surface area (Å²) in [6, 6.07) is 6.12. The second kappa shape index (κ2) is 4.01. The van der Waals surface area contributed by atoms with E-state index in [1.165, 1.54) is 11.1 Å². The molecule has 1 aliphatic carbocycles. The molecule has 17 heavy (non-hydrogen) atoms. The zero-order valence-corrected chi connectivity index (χ0v) is 9.62. The molecule has 0 fully saturated rings. The highest BCUT2D eigenvalue weighted by Crippen LogP contribution is 2.33. The maximum Gasteiger partial charge on any atom is 0.439 e. The number of benzene rings is 1. The molecule has 88 valence electrons. The molecular weight excluding hydrogens is 242 g/mol. The van der Waals surface area contributed by atoms with E-state index in [1.807, 2.05) is 18.2 Å². The summed E-state index contributed by atoms with van der Waals surface area (Å²) in [5.74, 6) is -0.0825. The molecule has 0 aliphatic heterocycles. The highest BCUT2D eigenvalue weighted by Gasteiger charge is 2.22. The average molecular weight is 252 g/mol. The van der Waals surface area contributed by atoms with E-state index in [1.54, 1.807) is 0 Å². The second-order valence-corrected chi connectivity index (χ2v) is 4.28. The van der Waals surface area contributed by atoms with Crippen LogP contribution in [0.25, 0.3) is 11.4 Å². The molecule has 0 saturated carbocycles. The fraction of sp³-hybridized carbons (Fsp3) is 0.273. The first kappa shape index (κ1) is 10.6. The zero-order valence-electron chi connectivity index (χ0n) is 8.87. The van der Waals surface area contributed by atoms with Crippen molar-refractivity contribution < 1.29 is 4.52 Å². The molecule has 1 aromatic heterocycles. The normalized spacial score (nSPS) is 18.3. The van der Waals surface area contributed by atoms with Gasteiger partial charge < -0.3 is 0 Å². The molecule has 2 aromatic rings. The lowest BCUT2D eigenvalue weighted by Crippen LogP contribution is -2.06. The van der Waals surface area contributed by atoms with Crippen LogP contribution in [0.4, 0.5) is 0 Å². The molecule has 0 spiro atoms. The van der Waals surface area contributed by atoms with Crippen LogP contribution >= 0.6 is 11.8 Å². The third-order valence-corrected chi connectivity index (χ3v) is 3.33. The van der Waals surface area contributed by atoms with Crippen molar-refractivity contribution in [2.24, 2.45) is 0 Å². The van der Waals surface area contributed by atoms with Gasteiger partial charge in [0, 0.05) is 11.6 Å². The van der Waals surface area contributed by atoms with Gasteiger partial charge >= 0.3 is 5.76 Å². The standard InChI is InChI=1S/C11H10ClN3O2/c12-14-9-4-2-6-5-7(1-3-8(6)9)10-13-11(16)17-15-10/h1,3,5,9,14H,2,4H2,(H,13,15,16)/t9-/m0/s1. The molecule has 3 rings (SSSR count). The van der Waals surface area contributed by atoms with E-state index in [2.05, 4.69) is 19.5 Å². The Labute approximate surface area is 102 Å². The maximum absolute atomic E-state index is 10.9. The number of aromatic nitrogens is 2. The first-order valence-corrected chi connectivity index (χ1v) is 5.71. The van der Waals surface area contributed by atoms with Gasteiger partial charge in [0.15, 0.2) is 5.82 Å². The molecule has 5 nitrogen and oxygen atoms in total. The minimum Gasteiger partial charge on any atom is -0.296 e. The van der Waals surface area contributed by atoms with Crippen molar-refractivity contribution in [3.8, 4) is 11.4 Å². The topological polar surface area (TPSA) is 70.9 Å². The molecule has 1 aliphatic rings. The molecule has 0 amide bonds. The van der Waals surface area contributed by atoms with E-state index < -0.39 is 5.76 Å². The van der Waals surface area contributed by atoms with E-state index in [0.29, 0.717) is 5.82 Å². The molecule has 0 radical (unpaired) electrons. The summed E-state index contributed by atoms with van der Waals surface area (Å²) in [7, 11) is 0. The number of H-pyrrole nitrogens is 1. The number of nitrogens with one attached hydrogen (secondary N) is 2. The Kier molecular flexibility index (Phi) is 2.49. The van der Waals surface area contributed by atoms with Crippen molar-refractivity contribution in [2.45, 2.75) is 18.9 Å². The molecule has 0 saturated heterocycles. The minimum atomic E-state index is -0.541. The monoisotopic (exact) mass is 251 g/mol. The van der Waals surface area contributed by atoms with E-state index in [-0.39, 0.29) is 6.04 Å². The Hall–Kier alpha value is -1.59. The fourth-order valence-corrected chi connectivity index (χ4v) is 2.46. The van der Waals surface area contributed by atoms with Crippen LogP contribution in [0, 0.1) is 0 Å². The SMILES string of the molecule is O=c1[nH]c(-c2ccc3c(c2)CC[C@@H]3NCl)no1. The first-order valence-electron chi connectivity index (χ1n) is 5.33. The lowest BCUT2D eigenvalue weighted by Gasteiger charge is -2.08. The predicted molar refractivity (Wildman–Crippen MR) is 62.6 cm³/mol. The molecule has 1 atom stereocenters. The van der Waals surface area contributed by atoms with Crippen LogP contribution in [0.3, 0.4) is 0 Å². The number of fused-ring (bicyclic) bond motifs is 1. The van der Waals surface area contributed by atoms with Gasteiger partial charge in [-0.1, -0.05) is 17.3 Å². The van der Waals surface area contributed by atoms with Crippen LogP contribution in [0.1, 0.15) is 23.6 Å². The summed E-state index contributed by atoms with van der Waals surface area (Å²) in [5, 5.41) is 3.67. The smallest absolute Gasteiger partial charge is 0.296 e. The average Bonchev–Trinajstić information content (AvgIpc) is 2.94. The lowest BCUT2D eigenvalue weighted by molar-refractivity contribution is 0.388. The van der Waals surface area contributed by atoms with Gasteiger partial charge in [-0.2, -0.15) is 0 Å². The fourth-order valence-electron chi connectivity index (χ4n) is 2.23. The summed E-state index contributed by atoms with van der Waals surface area (Å²) in [6.45, 7) is 0. The number of hydrogen-bond acceptors (Lipinski definition) is 4. The third-order valence-electron chi connectivity index (χ3n) is 3.07. The van der Waals surface area contributed by atoms with Gasteiger partial charge in [-0.3, -0.25) is 9.51 Å². The number of aryl methyl sites for hydroxylation is 1. The largest absolute Gasteiger partial charge is 0.439 e. The molecular formula is C11H10ClN3O2. The third kappa shape index (κ3) is 1.77. The molecule has 0 unspecified atom stereocenters. The van der Waals surface area contributed by atoms with Crippen LogP contribution in [-0.2, 0) is 6.42 Å². The highest BCUT2D eigenvalue weighted by molar-refractivity contribution is 6.13. The Morgan fingerprint density at radius 1 is 1.53 bits per heavy atom.